The number of aromatic nitrogens is 4. The Bertz CT molecular complexity index is 1650. The number of carbonyl (C=O) groups excluding carboxylic acids is 1. The van der Waals surface area contributed by atoms with Crippen molar-refractivity contribution in [3.05, 3.63) is 59.7 Å². The van der Waals surface area contributed by atoms with Crippen LogP contribution < -0.4 is 10.2 Å². The van der Waals surface area contributed by atoms with Crippen LogP contribution in [0.5, 0.6) is 0 Å². The van der Waals surface area contributed by atoms with Gasteiger partial charge in [-0.1, -0.05) is 17.3 Å². The fourth-order valence-electron chi connectivity index (χ4n) is 6.74. The number of anilines is 2. The summed E-state index contributed by atoms with van der Waals surface area (Å²) in [5.41, 5.74) is 3.57. The number of benzene rings is 1. The van der Waals surface area contributed by atoms with Gasteiger partial charge in [0.25, 0.3) is 5.91 Å². The lowest BCUT2D eigenvalue weighted by Crippen LogP contribution is -2.71. The third-order valence-electron chi connectivity index (χ3n) is 8.93. The summed E-state index contributed by atoms with van der Waals surface area (Å²) in [7, 11) is 0. The summed E-state index contributed by atoms with van der Waals surface area (Å²) in [5, 5.41) is 11.5. The van der Waals surface area contributed by atoms with Crippen LogP contribution in [0.15, 0.2) is 47.2 Å². The number of carbonyl (C=O) groups is 1. The van der Waals surface area contributed by atoms with Gasteiger partial charge < -0.3 is 24.2 Å². The van der Waals surface area contributed by atoms with Crippen LogP contribution in [0, 0.1) is 12.3 Å². The molecule has 2 aliphatic heterocycles. The first kappa shape index (κ1) is 23.9. The lowest BCUT2D eigenvalue weighted by molar-refractivity contribution is -0.321. The van der Waals surface area contributed by atoms with E-state index in [1.807, 2.05) is 43.5 Å². The number of halogens is 2. The van der Waals surface area contributed by atoms with Crippen molar-refractivity contribution in [2.24, 2.45) is 5.41 Å². The number of nitrogens with one attached hydrogen (secondary N) is 1. The summed E-state index contributed by atoms with van der Waals surface area (Å²) in [6.45, 7) is 2.66. The molecular formula is C28H26F2N6O4. The number of ether oxygens (including phenoxy) is 2. The number of nitrogens with zero attached hydrogens (tertiary/aromatic N) is 5. The van der Waals surface area contributed by atoms with Crippen molar-refractivity contribution in [3.63, 3.8) is 0 Å². The second-order valence-corrected chi connectivity index (χ2v) is 11.9. The van der Waals surface area contributed by atoms with Crippen molar-refractivity contribution >= 4 is 22.8 Å². The zero-order valence-corrected chi connectivity index (χ0v) is 21.7. The van der Waals surface area contributed by atoms with Crippen molar-refractivity contribution < 1.29 is 27.6 Å². The molecule has 10 nitrogen and oxygen atoms in total. The number of alkyl halides is 2. The fraction of sp³-hybridized carbons (Fsp3) is 0.429. The Balaban J connectivity index is 0.999. The SMILES string of the molecule is Cc1ccc(-c2noc(C34CC(OC(F)F)(C3)C4)n2)cc1NC(=O)c1cnn2ccc(N3CC4(COC4)C3)cc12. The van der Waals surface area contributed by atoms with E-state index in [1.165, 1.54) is 0 Å². The number of hydrogen-bond donors (Lipinski definition) is 1. The quantitative estimate of drug-likeness (QED) is 0.366. The van der Waals surface area contributed by atoms with Crippen LogP contribution in [0.4, 0.5) is 20.2 Å². The Morgan fingerprint density at radius 2 is 1.95 bits per heavy atom. The molecule has 4 aromatic rings. The average Bonchev–Trinajstić information content (AvgIpc) is 3.47. The van der Waals surface area contributed by atoms with Crippen LogP contribution >= 0.6 is 0 Å². The minimum Gasteiger partial charge on any atom is -0.380 e. The predicted octanol–water partition coefficient (Wildman–Crippen LogP) is 4.19. The number of hydrogen-bond acceptors (Lipinski definition) is 8. The van der Waals surface area contributed by atoms with E-state index in [-0.39, 0.29) is 16.7 Å². The number of fused-ring (bicyclic) bond motifs is 1. The monoisotopic (exact) mass is 548 g/mol. The van der Waals surface area contributed by atoms with E-state index in [9.17, 15) is 13.6 Å². The molecule has 5 aliphatic rings. The Morgan fingerprint density at radius 3 is 2.67 bits per heavy atom. The van der Waals surface area contributed by atoms with Gasteiger partial charge in [-0.3, -0.25) is 4.79 Å². The van der Waals surface area contributed by atoms with Crippen molar-refractivity contribution in [1.82, 2.24) is 19.8 Å². The van der Waals surface area contributed by atoms with Gasteiger partial charge in [0.2, 0.25) is 11.7 Å². The van der Waals surface area contributed by atoms with E-state index < -0.39 is 12.2 Å². The van der Waals surface area contributed by atoms with E-state index in [1.54, 1.807) is 10.7 Å². The number of amides is 1. The molecule has 12 heteroatoms. The highest BCUT2D eigenvalue weighted by Crippen LogP contribution is 2.69. The van der Waals surface area contributed by atoms with Gasteiger partial charge in [0, 0.05) is 36.2 Å². The molecule has 5 fully saturated rings. The second kappa shape index (κ2) is 8.07. The van der Waals surface area contributed by atoms with Gasteiger partial charge >= 0.3 is 6.61 Å². The van der Waals surface area contributed by atoms with Crippen molar-refractivity contribution in [2.75, 3.05) is 36.5 Å². The van der Waals surface area contributed by atoms with Gasteiger partial charge in [0.05, 0.1) is 46.9 Å². The standard InChI is InChI=1S/C28H26F2N6O4/c1-16-2-3-17(22-33-24(40-34-22)27-9-28(10-27,11-27)39-25(29)30)6-20(16)32-23(37)19-8-31-36-5-4-18(7-21(19)36)35-12-26(13-35)14-38-15-26/h2-8,25H,9-15H2,1H3,(H,32,37). The van der Waals surface area contributed by atoms with E-state index in [2.05, 4.69) is 25.5 Å². The van der Waals surface area contributed by atoms with Gasteiger partial charge in [-0.2, -0.15) is 18.9 Å². The molecule has 1 aromatic carbocycles. The first-order chi connectivity index (χ1) is 19.2. The molecule has 9 rings (SSSR count). The minimum absolute atomic E-state index is 0.271. The zero-order valence-electron chi connectivity index (χ0n) is 21.7. The van der Waals surface area contributed by atoms with Crippen LogP contribution in [-0.2, 0) is 14.9 Å². The van der Waals surface area contributed by atoms with Crippen LogP contribution in [0.25, 0.3) is 16.9 Å². The third kappa shape index (κ3) is 3.51. The summed E-state index contributed by atoms with van der Waals surface area (Å²) < 4.78 is 42.7. The van der Waals surface area contributed by atoms with E-state index in [0.717, 1.165) is 43.1 Å². The maximum atomic E-state index is 13.4. The largest absolute Gasteiger partial charge is 0.380 e. The van der Waals surface area contributed by atoms with Crippen LogP contribution in [0.2, 0.25) is 0 Å². The van der Waals surface area contributed by atoms with Gasteiger partial charge in [-0.05, 0) is 49.9 Å². The summed E-state index contributed by atoms with van der Waals surface area (Å²) >= 11 is 0. The molecule has 3 saturated carbocycles. The topological polar surface area (TPSA) is 107 Å². The summed E-state index contributed by atoms with van der Waals surface area (Å²) in [4.78, 5) is 20.3. The summed E-state index contributed by atoms with van der Waals surface area (Å²) in [5.74, 6) is 0.546. The number of rotatable bonds is 7. The van der Waals surface area contributed by atoms with Crippen LogP contribution in [0.3, 0.4) is 0 Å². The highest BCUT2D eigenvalue weighted by atomic mass is 19.3. The first-order valence-corrected chi connectivity index (χ1v) is 13.3. The molecule has 0 atom stereocenters. The Hall–Kier alpha value is -3.90. The van der Waals surface area contributed by atoms with Crippen LogP contribution in [0.1, 0.15) is 41.1 Å². The maximum Gasteiger partial charge on any atom is 0.345 e. The Labute approximate surface area is 227 Å². The molecule has 40 heavy (non-hydrogen) atoms. The van der Waals surface area contributed by atoms with Gasteiger partial charge in [-0.15, -0.1) is 0 Å². The second-order valence-electron chi connectivity index (χ2n) is 11.9. The molecule has 5 heterocycles. The molecule has 206 valence electrons. The van der Waals surface area contributed by atoms with Crippen molar-refractivity contribution in [1.29, 1.82) is 0 Å². The molecule has 2 saturated heterocycles. The van der Waals surface area contributed by atoms with Gasteiger partial charge in [-0.25, -0.2) is 4.52 Å². The van der Waals surface area contributed by atoms with Crippen LogP contribution in [-0.4, -0.2) is 64.2 Å². The Morgan fingerprint density at radius 1 is 1.15 bits per heavy atom. The van der Waals surface area contributed by atoms with Gasteiger partial charge in [0.15, 0.2) is 0 Å². The molecule has 3 aromatic heterocycles. The minimum atomic E-state index is -2.78. The molecule has 0 unspecified atom stereocenters. The van der Waals surface area contributed by atoms with E-state index in [0.29, 0.717) is 47.8 Å². The molecular weight excluding hydrogens is 522 g/mol. The fourth-order valence-corrected chi connectivity index (χ4v) is 6.74. The highest BCUT2D eigenvalue weighted by Gasteiger charge is 2.73. The molecule has 3 aliphatic carbocycles. The lowest BCUT2D eigenvalue weighted by Gasteiger charge is -2.67. The third-order valence-corrected chi connectivity index (χ3v) is 8.93. The number of aryl methyl sites for hydroxylation is 1. The van der Waals surface area contributed by atoms with Gasteiger partial charge in [0.1, 0.15) is 0 Å². The van der Waals surface area contributed by atoms with E-state index >= 15 is 0 Å². The van der Waals surface area contributed by atoms with Crippen molar-refractivity contribution in [2.45, 2.75) is 43.8 Å². The molecule has 1 amide bonds. The lowest BCUT2D eigenvalue weighted by atomic mass is 9.41. The summed E-state index contributed by atoms with van der Waals surface area (Å²) in [6.07, 6.45) is 4.81. The Kier molecular flexibility index (Phi) is 4.83. The average molecular weight is 549 g/mol. The first-order valence-electron chi connectivity index (χ1n) is 13.3. The predicted molar refractivity (Wildman–Crippen MR) is 138 cm³/mol. The number of pyridine rings is 1. The maximum absolute atomic E-state index is 13.4. The smallest absolute Gasteiger partial charge is 0.345 e. The van der Waals surface area contributed by atoms with E-state index in [4.69, 9.17) is 14.0 Å². The normalized spacial score (nSPS) is 25.9. The molecule has 1 N–H and O–H groups in total. The zero-order chi connectivity index (χ0) is 27.3. The molecule has 2 bridgehead atoms. The summed E-state index contributed by atoms with van der Waals surface area (Å²) in [6, 6.07) is 9.56. The highest BCUT2D eigenvalue weighted by molar-refractivity contribution is 6.09. The molecule has 0 radical (unpaired) electrons. The molecule has 1 spiro atoms. The van der Waals surface area contributed by atoms with Crippen molar-refractivity contribution in [3.8, 4) is 11.4 Å².